The van der Waals surface area contributed by atoms with Crippen molar-refractivity contribution in [3.63, 3.8) is 0 Å². The predicted molar refractivity (Wildman–Crippen MR) is 158 cm³/mol. The number of likely N-dealkylation sites (tertiary alicyclic amines) is 1. The first kappa shape index (κ1) is 28.4. The van der Waals surface area contributed by atoms with E-state index >= 15 is 0 Å². The van der Waals surface area contributed by atoms with Gasteiger partial charge >= 0.3 is 0 Å². The lowest BCUT2D eigenvalue weighted by Gasteiger charge is -2.32. The van der Waals surface area contributed by atoms with E-state index < -0.39 is 0 Å². The van der Waals surface area contributed by atoms with Crippen LogP contribution in [0.2, 0.25) is 0 Å². The highest BCUT2D eigenvalue weighted by atomic mass is 32.1. The molecule has 5 rings (SSSR count). The maximum atomic E-state index is 12.8. The van der Waals surface area contributed by atoms with Crippen LogP contribution in [0.3, 0.4) is 0 Å². The number of thiazole rings is 1. The number of carbonyl (C=O) groups is 1. The largest absolute Gasteiger partial charge is 0.478 e. The van der Waals surface area contributed by atoms with Crippen LogP contribution >= 0.6 is 11.3 Å². The Morgan fingerprint density at radius 3 is 2.65 bits per heavy atom. The lowest BCUT2D eigenvalue weighted by atomic mass is 9.96. The summed E-state index contributed by atoms with van der Waals surface area (Å²) in [5.41, 5.74) is 9.78. The summed E-state index contributed by atoms with van der Waals surface area (Å²) in [5.74, 6) is 0.645. The number of nitrogens with one attached hydrogen (secondary N) is 2. The normalized spacial score (nSPS) is 17.1. The zero-order valence-corrected chi connectivity index (χ0v) is 24.3. The number of nitrogens with zero attached hydrogens (tertiary/aromatic N) is 5. The van der Waals surface area contributed by atoms with Crippen LogP contribution in [0.1, 0.15) is 46.4 Å². The topological polar surface area (TPSA) is 122 Å². The van der Waals surface area contributed by atoms with E-state index in [1.54, 1.807) is 17.4 Å². The first-order valence-corrected chi connectivity index (χ1v) is 15.0. The van der Waals surface area contributed by atoms with Crippen LogP contribution in [-0.2, 0) is 13.1 Å². The van der Waals surface area contributed by atoms with Crippen molar-refractivity contribution in [2.45, 2.75) is 39.8 Å². The molecule has 1 amide bonds. The standard InChI is InChI=1S/C29H40N8O2S/c1-3-39-28-20(2)22(30)16-24(34-28)27(38)33-17-21-7-12-36(13-8-21)19-26-25(18-37-14-10-31-11-15-37)35-29(40-26)23-6-4-5-9-32-23/h4-6,9,16,21,31H,3,7-8,10-15,17-19H2,1-2H3,(H2,30,34)(H,33,38). The Balaban J connectivity index is 1.17. The molecule has 10 nitrogen and oxygen atoms in total. The summed E-state index contributed by atoms with van der Waals surface area (Å²) in [6.45, 7) is 12.8. The molecule has 3 aromatic heterocycles. The third-order valence-corrected chi connectivity index (χ3v) is 8.76. The Kier molecular flexibility index (Phi) is 9.58. The van der Waals surface area contributed by atoms with Gasteiger partial charge < -0.3 is 21.1 Å². The SMILES string of the molecule is CCOc1nc(C(=O)NCC2CCN(Cc3sc(-c4ccccn4)nc3CN3CCNCC3)CC2)cc(N)c1C. The Morgan fingerprint density at radius 1 is 1.15 bits per heavy atom. The van der Waals surface area contributed by atoms with Crippen LogP contribution < -0.4 is 21.1 Å². The molecule has 2 saturated heterocycles. The van der Waals surface area contributed by atoms with Gasteiger partial charge in [-0.2, -0.15) is 0 Å². The molecular weight excluding hydrogens is 524 g/mol. The van der Waals surface area contributed by atoms with E-state index in [2.05, 4.69) is 30.4 Å². The molecule has 2 fully saturated rings. The number of piperazine rings is 1. The molecule has 0 bridgehead atoms. The van der Waals surface area contributed by atoms with E-state index in [0.29, 0.717) is 36.3 Å². The van der Waals surface area contributed by atoms with Gasteiger partial charge in [-0.05, 0) is 63.9 Å². The van der Waals surface area contributed by atoms with Gasteiger partial charge in [-0.3, -0.25) is 19.6 Å². The number of rotatable bonds is 10. The molecule has 0 atom stereocenters. The fourth-order valence-corrected chi connectivity index (χ4v) is 6.28. The first-order chi connectivity index (χ1) is 19.5. The molecule has 40 heavy (non-hydrogen) atoms. The molecule has 0 saturated carbocycles. The number of nitrogen functional groups attached to an aromatic ring is 1. The molecule has 0 unspecified atom stereocenters. The summed E-state index contributed by atoms with van der Waals surface area (Å²) < 4.78 is 5.55. The van der Waals surface area contributed by atoms with Gasteiger partial charge in [-0.15, -0.1) is 11.3 Å². The summed E-state index contributed by atoms with van der Waals surface area (Å²) in [6, 6.07) is 7.62. The van der Waals surface area contributed by atoms with Crippen molar-refractivity contribution in [1.82, 2.24) is 35.4 Å². The van der Waals surface area contributed by atoms with Gasteiger partial charge in [0, 0.05) is 68.1 Å². The zero-order chi connectivity index (χ0) is 27.9. The molecule has 0 aliphatic carbocycles. The fourth-order valence-electron chi connectivity index (χ4n) is 5.19. The highest BCUT2D eigenvalue weighted by Gasteiger charge is 2.24. The quantitative estimate of drug-likeness (QED) is 0.341. The number of aromatic nitrogens is 3. The number of piperidine rings is 1. The van der Waals surface area contributed by atoms with Crippen LogP contribution in [0.25, 0.3) is 10.7 Å². The van der Waals surface area contributed by atoms with E-state index in [1.807, 2.05) is 38.2 Å². The maximum Gasteiger partial charge on any atom is 0.270 e. The molecule has 0 radical (unpaired) electrons. The van der Waals surface area contributed by atoms with Crippen LogP contribution in [0.15, 0.2) is 30.5 Å². The average molecular weight is 565 g/mol. The smallest absolute Gasteiger partial charge is 0.270 e. The number of hydrogen-bond acceptors (Lipinski definition) is 10. The minimum atomic E-state index is -0.209. The summed E-state index contributed by atoms with van der Waals surface area (Å²) in [4.78, 5) is 33.1. The van der Waals surface area contributed by atoms with E-state index in [0.717, 1.165) is 81.5 Å². The predicted octanol–water partition coefficient (Wildman–Crippen LogP) is 2.94. The molecule has 214 valence electrons. The Labute approximate surface area is 240 Å². The first-order valence-electron chi connectivity index (χ1n) is 14.2. The van der Waals surface area contributed by atoms with Gasteiger partial charge in [0.05, 0.1) is 18.0 Å². The summed E-state index contributed by atoms with van der Waals surface area (Å²) in [5, 5.41) is 7.50. The lowest BCUT2D eigenvalue weighted by Crippen LogP contribution is -2.43. The second-order valence-electron chi connectivity index (χ2n) is 10.5. The van der Waals surface area contributed by atoms with Gasteiger partial charge in [0.1, 0.15) is 10.7 Å². The van der Waals surface area contributed by atoms with Crippen molar-refractivity contribution in [3.05, 3.63) is 52.3 Å². The van der Waals surface area contributed by atoms with Gasteiger partial charge in [0.15, 0.2) is 0 Å². The third-order valence-electron chi connectivity index (χ3n) is 7.65. The Morgan fingerprint density at radius 2 is 1.93 bits per heavy atom. The van der Waals surface area contributed by atoms with Gasteiger partial charge in [-0.25, -0.2) is 9.97 Å². The molecule has 5 heterocycles. The van der Waals surface area contributed by atoms with Crippen LogP contribution in [-0.4, -0.2) is 83.1 Å². The molecule has 0 aromatic carbocycles. The van der Waals surface area contributed by atoms with Gasteiger partial charge in [-0.1, -0.05) is 6.07 Å². The van der Waals surface area contributed by atoms with Gasteiger partial charge in [0.25, 0.3) is 5.91 Å². The van der Waals surface area contributed by atoms with Crippen LogP contribution in [0.5, 0.6) is 5.88 Å². The van der Waals surface area contributed by atoms with Gasteiger partial charge in [0.2, 0.25) is 5.88 Å². The lowest BCUT2D eigenvalue weighted by molar-refractivity contribution is 0.0929. The number of ether oxygens (including phenoxy) is 1. The molecule has 3 aromatic rings. The second-order valence-corrected chi connectivity index (χ2v) is 11.6. The summed E-state index contributed by atoms with van der Waals surface area (Å²) >= 11 is 1.77. The third kappa shape index (κ3) is 7.14. The van der Waals surface area contributed by atoms with Crippen molar-refractivity contribution >= 4 is 22.9 Å². The second kappa shape index (κ2) is 13.5. The monoisotopic (exact) mass is 564 g/mol. The molecular formula is C29H40N8O2S. The number of carbonyl (C=O) groups excluding carboxylic acids is 1. The Bertz CT molecular complexity index is 1270. The van der Waals surface area contributed by atoms with E-state index in [4.69, 9.17) is 15.5 Å². The van der Waals surface area contributed by atoms with Crippen molar-refractivity contribution in [2.75, 3.05) is 58.2 Å². The summed E-state index contributed by atoms with van der Waals surface area (Å²) in [6.07, 6.45) is 3.90. The number of pyridine rings is 2. The zero-order valence-electron chi connectivity index (χ0n) is 23.5. The number of hydrogen-bond donors (Lipinski definition) is 3. The van der Waals surface area contributed by atoms with E-state index in [9.17, 15) is 4.79 Å². The van der Waals surface area contributed by atoms with Crippen molar-refractivity contribution in [2.24, 2.45) is 5.92 Å². The van der Waals surface area contributed by atoms with Crippen LogP contribution in [0.4, 0.5) is 5.69 Å². The average Bonchev–Trinajstić information content (AvgIpc) is 3.37. The van der Waals surface area contributed by atoms with Crippen molar-refractivity contribution in [3.8, 4) is 16.6 Å². The molecule has 2 aliphatic rings. The van der Waals surface area contributed by atoms with Crippen molar-refractivity contribution < 1.29 is 9.53 Å². The fraction of sp³-hybridized carbons (Fsp3) is 0.517. The maximum absolute atomic E-state index is 12.8. The molecule has 0 spiro atoms. The number of nitrogens with two attached hydrogens (primary N) is 1. The minimum absolute atomic E-state index is 0.209. The molecule has 11 heteroatoms. The minimum Gasteiger partial charge on any atom is -0.478 e. The van der Waals surface area contributed by atoms with Crippen LogP contribution in [0, 0.1) is 12.8 Å². The highest BCUT2D eigenvalue weighted by Crippen LogP contribution is 2.30. The Hall–Kier alpha value is -3.12. The van der Waals surface area contributed by atoms with Crippen molar-refractivity contribution in [1.29, 1.82) is 0 Å². The van der Waals surface area contributed by atoms with E-state index in [-0.39, 0.29) is 5.91 Å². The van der Waals surface area contributed by atoms with E-state index in [1.165, 1.54) is 10.6 Å². The molecule has 2 aliphatic heterocycles. The highest BCUT2D eigenvalue weighted by molar-refractivity contribution is 7.15. The molecule has 4 N–H and O–H groups in total. The summed E-state index contributed by atoms with van der Waals surface area (Å²) in [7, 11) is 0. The number of anilines is 1. The number of amides is 1.